The Labute approximate surface area is 181 Å². The van der Waals surface area contributed by atoms with Crippen LogP contribution in [0.15, 0.2) is 48.6 Å². The lowest BCUT2D eigenvalue weighted by atomic mass is 9.64. The van der Waals surface area contributed by atoms with Gasteiger partial charge in [-0.05, 0) is 105 Å². The molecule has 0 N–H and O–H groups in total. The zero-order valence-corrected chi connectivity index (χ0v) is 17.7. The lowest BCUT2D eigenvalue weighted by Crippen LogP contribution is -2.30. The number of rotatable bonds is 5. The Balaban J connectivity index is 1.49. The number of alkyl halides is 2. The molecule has 0 aromatic heterocycles. The van der Waals surface area contributed by atoms with E-state index in [1.54, 1.807) is 0 Å². The van der Waals surface area contributed by atoms with Crippen LogP contribution in [0.3, 0.4) is 0 Å². The van der Waals surface area contributed by atoms with Gasteiger partial charge in [0, 0.05) is 0 Å². The Morgan fingerprint density at radius 2 is 1.55 bits per heavy atom. The van der Waals surface area contributed by atoms with Gasteiger partial charge in [-0.3, -0.25) is 0 Å². The molecule has 1 nitrogen and oxygen atoms in total. The third-order valence-corrected chi connectivity index (χ3v) is 7.02. The molecule has 0 aliphatic heterocycles. The van der Waals surface area contributed by atoms with Crippen molar-refractivity contribution in [2.75, 3.05) is 0 Å². The van der Waals surface area contributed by atoms with Gasteiger partial charge in [0.1, 0.15) is 17.4 Å². The van der Waals surface area contributed by atoms with E-state index in [4.69, 9.17) is 0 Å². The van der Waals surface area contributed by atoms with E-state index in [0.717, 1.165) is 24.8 Å². The van der Waals surface area contributed by atoms with Crippen LogP contribution in [0.4, 0.5) is 17.6 Å². The molecule has 4 unspecified atom stereocenters. The molecular weight excluding hydrogens is 404 g/mol. The zero-order valence-electron chi connectivity index (χ0n) is 17.7. The van der Waals surface area contributed by atoms with E-state index in [1.165, 1.54) is 55.7 Å². The molecule has 0 radical (unpaired) electrons. The van der Waals surface area contributed by atoms with Gasteiger partial charge in [0.2, 0.25) is 0 Å². The van der Waals surface area contributed by atoms with Crippen LogP contribution >= 0.6 is 0 Å². The number of hydrogen-bond donors (Lipinski definition) is 0. The van der Waals surface area contributed by atoms with Crippen molar-refractivity contribution in [3.05, 3.63) is 65.7 Å². The van der Waals surface area contributed by atoms with Gasteiger partial charge in [-0.25, -0.2) is 8.78 Å². The number of fused-ring (bicyclic) bond motifs is 1. The first kappa shape index (κ1) is 21.9. The van der Waals surface area contributed by atoms with E-state index in [2.05, 4.69) is 23.8 Å². The average molecular weight is 433 g/mol. The molecule has 166 valence electrons. The quantitative estimate of drug-likeness (QED) is 0.342. The van der Waals surface area contributed by atoms with Gasteiger partial charge in [-0.15, -0.1) is 0 Å². The molecular formula is C26H28F4O. The second-order valence-corrected chi connectivity index (χ2v) is 8.89. The topological polar surface area (TPSA) is 9.23 Å². The van der Waals surface area contributed by atoms with Crippen LogP contribution < -0.4 is 4.74 Å². The number of benzene rings is 2. The maximum absolute atomic E-state index is 14.9. The van der Waals surface area contributed by atoms with E-state index < -0.39 is 18.2 Å². The fourth-order valence-electron chi connectivity index (χ4n) is 5.58. The summed E-state index contributed by atoms with van der Waals surface area (Å²) in [6.45, 7) is -0.867. The highest BCUT2D eigenvalue weighted by molar-refractivity contribution is 5.66. The predicted molar refractivity (Wildman–Crippen MR) is 114 cm³/mol. The Kier molecular flexibility index (Phi) is 6.68. The Morgan fingerprint density at radius 1 is 0.903 bits per heavy atom. The maximum atomic E-state index is 14.9. The molecule has 0 spiro atoms. The monoisotopic (exact) mass is 432 g/mol. The highest BCUT2D eigenvalue weighted by Gasteiger charge is 2.35. The molecule has 2 saturated carbocycles. The van der Waals surface area contributed by atoms with Gasteiger partial charge in [-0.1, -0.05) is 24.3 Å². The van der Waals surface area contributed by atoms with Crippen molar-refractivity contribution in [1.29, 1.82) is 0 Å². The first-order chi connectivity index (χ1) is 14.9. The number of hydrogen-bond acceptors (Lipinski definition) is 1. The van der Waals surface area contributed by atoms with E-state index in [9.17, 15) is 17.6 Å². The Morgan fingerprint density at radius 3 is 2.19 bits per heavy atom. The van der Waals surface area contributed by atoms with Gasteiger partial charge >= 0.3 is 6.61 Å². The van der Waals surface area contributed by atoms with Gasteiger partial charge in [0.15, 0.2) is 0 Å². The molecule has 2 fully saturated rings. The van der Waals surface area contributed by atoms with Gasteiger partial charge in [0.05, 0.1) is 5.56 Å². The second kappa shape index (κ2) is 9.46. The minimum absolute atomic E-state index is 0.0444. The zero-order chi connectivity index (χ0) is 22.0. The molecule has 2 aromatic carbocycles. The van der Waals surface area contributed by atoms with Crippen LogP contribution in [0.2, 0.25) is 0 Å². The summed E-state index contributed by atoms with van der Waals surface area (Å²) in [4.78, 5) is 0. The van der Waals surface area contributed by atoms with Gasteiger partial charge in [-0.2, -0.15) is 8.78 Å². The number of ether oxygens (including phenoxy) is 1. The van der Waals surface area contributed by atoms with Crippen molar-refractivity contribution in [2.24, 2.45) is 17.8 Å². The fourth-order valence-corrected chi connectivity index (χ4v) is 5.58. The van der Waals surface area contributed by atoms with Crippen molar-refractivity contribution in [1.82, 2.24) is 0 Å². The molecule has 0 bridgehead atoms. The standard InChI is InChI=1S/C26H28F4O/c1-2-3-16-4-5-19-13-20(7-6-18(19)12-16)21-14-23(27)25(24(28)15-21)17-8-10-22(11-9-17)31-26(29)30/h2-3,8-11,14-16,18-20,26H,4-7,12-13H2,1H3/b3-2+. The van der Waals surface area contributed by atoms with Crippen LogP contribution in [0.25, 0.3) is 11.1 Å². The molecule has 2 aliphatic carbocycles. The van der Waals surface area contributed by atoms with E-state index >= 15 is 0 Å². The number of allylic oxidation sites excluding steroid dienone is 2. The molecule has 0 saturated heterocycles. The van der Waals surface area contributed by atoms with E-state index in [-0.39, 0.29) is 17.2 Å². The largest absolute Gasteiger partial charge is 0.435 e. The normalized spacial score (nSPS) is 26.3. The molecule has 5 heteroatoms. The highest BCUT2D eigenvalue weighted by Crippen LogP contribution is 2.48. The second-order valence-electron chi connectivity index (χ2n) is 8.89. The fraction of sp³-hybridized carbons (Fsp3) is 0.462. The third-order valence-electron chi connectivity index (χ3n) is 7.02. The van der Waals surface area contributed by atoms with E-state index in [0.29, 0.717) is 23.3 Å². The SMILES string of the molecule is C/C=C/C1CCC2CC(c3cc(F)c(-c4ccc(OC(F)F)cc4)c(F)c3)CCC2C1. The van der Waals surface area contributed by atoms with Gasteiger partial charge in [0.25, 0.3) is 0 Å². The first-order valence-electron chi connectivity index (χ1n) is 11.1. The molecule has 0 heterocycles. The minimum atomic E-state index is -2.94. The molecule has 2 aromatic rings. The summed E-state index contributed by atoms with van der Waals surface area (Å²) >= 11 is 0. The summed E-state index contributed by atoms with van der Waals surface area (Å²) < 4.78 is 58.8. The predicted octanol–water partition coefficient (Wildman–Crippen LogP) is 8.11. The van der Waals surface area contributed by atoms with Crippen molar-refractivity contribution in [2.45, 2.75) is 58.0 Å². The molecule has 2 aliphatic rings. The summed E-state index contributed by atoms with van der Waals surface area (Å²) in [5.74, 6) is 0.932. The van der Waals surface area contributed by atoms with Crippen LogP contribution in [0.1, 0.15) is 56.9 Å². The maximum Gasteiger partial charge on any atom is 0.387 e. The van der Waals surface area contributed by atoms with Crippen LogP contribution in [0.5, 0.6) is 5.75 Å². The van der Waals surface area contributed by atoms with E-state index in [1.807, 2.05) is 0 Å². The Hall–Kier alpha value is -2.30. The van der Waals surface area contributed by atoms with Crippen LogP contribution in [-0.2, 0) is 0 Å². The number of halogens is 4. The van der Waals surface area contributed by atoms with Crippen LogP contribution in [-0.4, -0.2) is 6.61 Å². The minimum Gasteiger partial charge on any atom is -0.435 e. The summed E-state index contributed by atoms with van der Waals surface area (Å²) in [7, 11) is 0. The smallest absolute Gasteiger partial charge is 0.387 e. The Bertz CT molecular complexity index is 898. The van der Waals surface area contributed by atoms with Crippen molar-refractivity contribution < 1.29 is 22.3 Å². The van der Waals surface area contributed by atoms with Crippen molar-refractivity contribution >= 4 is 0 Å². The summed E-state index contributed by atoms with van der Waals surface area (Å²) in [5, 5.41) is 0. The van der Waals surface area contributed by atoms with Gasteiger partial charge < -0.3 is 4.74 Å². The summed E-state index contributed by atoms with van der Waals surface area (Å²) in [6.07, 6.45) is 11.1. The lowest BCUT2D eigenvalue weighted by Gasteiger charge is -2.42. The molecule has 0 amide bonds. The first-order valence-corrected chi connectivity index (χ1v) is 11.1. The van der Waals surface area contributed by atoms with Crippen LogP contribution in [0, 0.1) is 29.4 Å². The van der Waals surface area contributed by atoms with Crippen molar-refractivity contribution in [3.8, 4) is 16.9 Å². The molecule has 4 atom stereocenters. The molecule has 4 rings (SSSR count). The molecule has 31 heavy (non-hydrogen) atoms. The lowest BCUT2D eigenvalue weighted by molar-refractivity contribution is -0.0498. The van der Waals surface area contributed by atoms with Crippen molar-refractivity contribution in [3.63, 3.8) is 0 Å². The average Bonchev–Trinajstić information content (AvgIpc) is 2.74. The summed E-state index contributed by atoms with van der Waals surface area (Å²) in [5.41, 5.74) is 0.896. The third kappa shape index (κ3) is 4.97. The summed E-state index contributed by atoms with van der Waals surface area (Å²) in [6, 6.07) is 8.29. The highest BCUT2D eigenvalue weighted by atomic mass is 19.3.